The molecule has 29 heavy (non-hydrogen) atoms. The molecule has 0 atom stereocenters. The van der Waals surface area contributed by atoms with Crippen LogP contribution in [0.1, 0.15) is 11.1 Å². The van der Waals surface area contributed by atoms with Gasteiger partial charge in [-0.05, 0) is 39.0 Å². The van der Waals surface area contributed by atoms with E-state index in [0.29, 0.717) is 5.57 Å². The molecule has 4 aromatic rings. The van der Waals surface area contributed by atoms with Crippen LogP contribution >= 0.6 is 0 Å². The van der Waals surface area contributed by atoms with E-state index in [0.717, 1.165) is 33.4 Å². The van der Waals surface area contributed by atoms with Crippen molar-refractivity contribution in [2.75, 3.05) is 0 Å². The number of rotatable bonds is 5. The smallest absolute Gasteiger partial charge is 0.328 e. The van der Waals surface area contributed by atoms with Crippen molar-refractivity contribution >= 4 is 11.5 Å². The van der Waals surface area contributed by atoms with Crippen molar-refractivity contribution in [1.29, 1.82) is 0 Å². The fourth-order valence-electron chi connectivity index (χ4n) is 3.40. The van der Waals surface area contributed by atoms with E-state index in [1.807, 2.05) is 84.9 Å². The molecule has 0 aliphatic heterocycles. The van der Waals surface area contributed by atoms with Gasteiger partial charge in [-0.1, -0.05) is 109 Å². The zero-order valence-corrected chi connectivity index (χ0v) is 15.8. The highest BCUT2D eigenvalue weighted by Gasteiger charge is 2.09. The Hall–Kier alpha value is -3.91. The molecular weight excluding hydrogens is 356 g/mol. The second-order valence-electron chi connectivity index (χ2n) is 6.78. The van der Waals surface area contributed by atoms with Crippen LogP contribution in [0.3, 0.4) is 0 Å². The molecule has 140 valence electrons. The lowest BCUT2D eigenvalue weighted by Gasteiger charge is -2.10. The molecule has 4 rings (SSSR count). The first-order valence-corrected chi connectivity index (χ1v) is 9.47. The first-order chi connectivity index (χ1) is 14.2. The highest BCUT2D eigenvalue weighted by atomic mass is 16.4. The van der Waals surface area contributed by atoms with Crippen LogP contribution in [0, 0.1) is 0 Å². The molecule has 0 amide bonds. The van der Waals surface area contributed by atoms with Gasteiger partial charge in [0.2, 0.25) is 0 Å². The van der Waals surface area contributed by atoms with Gasteiger partial charge < -0.3 is 5.11 Å². The largest absolute Gasteiger partial charge is 0.478 e. The Morgan fingerprint density at radius 2 is 0.862 bits per heavy atom. The van der Waals surface area contributed by atoms with Gasteiger partial charge in [0.05, 0.1) is 0 Å². The SMILES string of the molecule is O=C(O)C=C(c1ccc(-c2ccccc2)cc1)c1ccc(-c2ccccc2)cc1. The molecule has 0 heterocycles. The summed E-state index contributed by atoms with van der Waals surface area (Å²) in [5.74, 6) is -0.959. The number of aliphatic carboxylic acids is 1. The number of benzene rings is 4. The van der Waals surface area contributed by atoms with Crippen molar-refractivity contribution in [3.63, 3.8) is 0 Å². The van der Waals surface area contributed by atoms with Gasteiger partial charge in [0, 0.05) is 6.08 Å². The molecule has 4 aromatic carbocycles. The maximum atomic E-state index is 11.5. The number of hydrogen-bond donors (Lipinski definition) is 1. The molecule has 1 N–H and O–H groups in total. The first kappa shape index (κ1) is 18.5. The second kappa shape index (κ2) is 8.41. The van der Waals surface area contributed by atoms with Crippen molar-refractivity contribution in [2.24, 2.45) is 0 Å². The van der Waals surface area contributed by atoms with Crippen molar-refractivity contribution < 1.29 is 9.90 Å². The number of carbonyl (C=O) groups is 1. The Labute approximate surface area is 170 Å². The Morgan fingerprint density at radius 1 is 0.517 bits per heavy atom. The van der Waals surface area contributed by atoms with Gasteiger partial charge >= 0.3 is 5.97 Å². The van der Waals surface area contributed by atoms with Crippen molar-refractivity contribution in [2.45, 2.75) is 0 Å². The van der Waals surface area contributed by atoms with E-state index in [1.54, 1.807) is 0 Å². The predicted octanol–water partition coefficient (Wildman–Crippen LogP) is 6.54. The van der Waals surface area contributed by atoms with Crippen molar-refractivity contribution in [3.05, 3.63) is 126 Å². The molecule has 0 fully saturated rings. The minimum absolute atomic E-state index is 0.691. The summed E-state index contributed by atoms with van der Waals surface area (Å²) < 4.78 is 0. The van der Waals surface area contributed by atoms with Crippen LogP contribution in [0.4, 0.5) is 0 Å². The summed E-state index contributed by atoms with van der Waals surface area (Å²) in [7, 11) is 0. The molecule has 0 spiro atoms. The van der Waals surface area contributed by atoms with E-state index in [4.69, 9.17) is 0 Å². The summed E-state index contributed by atoms with van der Waals surface area (Å²) >= 11 is 0. The third-order valence-corrected chi connectivity index (χ3v) is 4.87. The Kier molecular flexibility index (Phi) is 5.35. The van der Waals surface area contributed by atoms with Crippen LogP contribution in [0.5, 0.6) is 0 Å². The molecule has 0 aliphatic carbocycles. The minimum atomic E-state index is -0.959. The quantitative estimate of drug-likeness (QED) is 0.402. The number of carboxylic acids is 1. The van der Waals surface area contributed by atoms with Gasteiger partial charge in [-0.2, -0.15) is 0 Å². The van der Waals surface area contributed by atoms with E-state index in [-0.39, 0.29) is 0 Å². The maximum Gasteiger partial charge on any atom is 0.328 e. The predicted molar refractivity (Wildman–Crippen MR) is 118 cm³/mol. The average Bonchev–Trinajstić information content (AvgIpc) is 2.79. The summed E-state index contributed by atoms with van der Waals surface area (Å²) in [5.41, 5.74) is 6.91. The summed E-state index contributed by atoms with van der Waals surface area (Å²) in [5, 5.41) is 9.40. The summed E-state index contributed by atoms with van der Waals surface area (Å²) in [6, 6.07) is 36.3. The zero-order valence-electron chi connectivity index (χ0n) is 15.8. The van der Waals surface area contributed by atoms with E-state index in [1.165, 1.54) is 6.08 Å². The molecule has 0 aliphatic rings. The molecule has 0 aromatic heterocycles. The normalized spacial score (nSPS) is 10.3. The van der Waals surface area contributed by atoms with Crippen LogP contribution in [-0.2, 0) is 4.79 Å². The van der Waals surface area contributed by atoms with E-state index in [2.05, 4.69) is 24.3 Å². The summed E-state index contributed by atoms with van der Waals surface area (Å²) in [6.07, 6.45) is 1.27. The number of hydrogen-bond acceptors (Lipinski definition) is 1. The molecule has 2 heteroatoms. The fourth-order valence-corrected chi connectivity index (χ4v) is 3.40. The summed E-state index contributed by atoms with van der Waals surface area (Å²) in [4.78, 5) is 11.5. The van der Waals surface area contributed by atoms with Crippen molar-refractivity contribution in [1.82, 2.24) is 0 Å². The summed E-state index contributed by atoms with van der Waals surface area (Å²) in [6.45, 7) is 0. The van der Waals surface area contributed by atoms with Crippen LogP contribution in [-0.4, -0.2) is 11.1 Å². The highest BCUT2D eigenvalue weighted by molar-refractivity contribution is 5.95. The molecular formula is C27H20O2. The van der Waals surface area contributed by atoms with Crippen molar-refractivity contribution in [3.8, 4) is 22.3 Å². The van der Waals surface area contributed by atoms with Gasteiger partial charge in [0.25, 0.3) is 0 Å². The van der Waals surface area contributed by atoms with Gasteiger partial charge in [0.1, 0.15) is 0 Å². The number of carboxylic acid groups (broad SMARTS) is 1. The lowest BCUT2D eigenvalue weighted by atomic mass is 9.94. The monoisotopic (exact) mass is 376 g/mol. The van der Waals surface area contributed by atoms with E-state index < -0.39 is 5.97 Å². The Balaban J connectivity index is 1.67. The van der Waals surface area contributed by atoms with Gasteiger partial charge in [-0.25, -0.2) is 4.79 Å². The van der Waals surface area contributed by atoms with Crippen LogP contribution < -0.4 is 0 Å². The van der Waals surface area contributed by atoms with Gasteiger partial charge in [-0.3, -0.25) is 0 Å². The first-order valence-electron chi connectivity index (χ1n) is 9.47. The molecule has 0 bridgehead atoms. The van der Waals surface area contributed by atoms with Crippen LogP contribution in [0.25, 0.3) is 27.8 Å². The molecule has 0 unspecified atom stereocenters. The highest BCUT2D eigenvalue weighted by Crippen LogP contribution is 2.28. The van der Waals surface area contributed by atoms with Crippen LogP contribution in [0.2, 0.25) is 0 Å². The standard InChI is InChI=1S/C27H20O2/c28-27(29)19-26(24-15-11-22(12-16-24)20-7-3-1-4-8-20)25-17-13-23(14-18-25)21-9-5-2-6-10-21/h1-19H,(H,28,29). The zero-order chi connectivity index (χ0) is 20.1. The third-order valence-electron chi connectivity index (χ3n) is 4.87. The fraction of sp³-hybridized carbons (Fsp3) is 0. The average molecular weight is 376 g/mol. The maximum absolute atomic E-state index is 11.5. The van der Waals surface area contributed by atoms with Gasteiger partial charge in [0.15, 0.2) is 0 Å². The van der Waals surface area contributed by atoms with E-state index >= 15 is 0 Å². The molecule has 2 nitrogen and oxygen atoms in total. The lowest BCUT2D eigenvalue weighted by molar-refractivity contribution is -0.131. The molecule has 0 radical (unpaired) electrons. The van der Waals surface area contributed by atoms with Crippen LogP contribution in [0.15, 0.2) is 115 Å². The second-order valence-corrected chi connectivity index (χ2v) is 6.78. The van der Waals surface area contributed by atoms with E-state index in [9.17, 15) is 9.90 Å². The lowest BCUT2D eigenvalue weighted by Crippen LogP contribution is -1.95. The Morgan fingerprint density at radius 3 is 1.21 bits per heavy atom. The third kappa shape index (κ3) is 4.33. The molecule has 0 saturated heterocycles. The topological polar surface area (TPSA) is 37.3 Å². The van der Waals surface area contributed by atoms with Gasteiger partial charge in [-0.15, -0.1) is 0 Å². The minimum Gasteiger partial charge on any atom is -0.478 e. The molecule has 0 saturated carbocycles. The Bertz CT molecular complexity index is 1040.